The van der Waals surface area contributed by atoms with Crippen LogP contribution < -0.4 is 0 Å². The van der Waals surface area contributed by atoms with E-state index in [0.717, 1.165) is 34.6 Å². The quantitative estimate of drug-likeness (QED) is 0.178. The molecule has 1 aliphatic rings. The fraction of sp³-hybridized carbons (Fsp3) is 0.0638. The van der Waals surface area contributed by atoms with Gasteiger partial charge in [-0.3, -0.25) is 0 Å². The Labute approximate surface area is 286 Å². The number of fused-ring (bicyclic) bond motifs is 6. The van der Waals surface area contributed by atoms with Crippen molar-refractivity contribution in [2.75, 3.05) is 0 Å². The lowest BCUT2D eigenvalue weighted by Gasteiger charge is -2.24. The summed E-state index contributed by atoms with van der Waals surface area (Å²) < 4.78 is 0. The minimum atomic E-state index is 0.444. The lowest BCUT2D eigenvalue weighted by molar-refractivity contribution is 0.751. The van der Waals surface area contributed by atoms with Gasteiger partial charge in [-0.25, -0.2) is 9.97 Å². The summed E-state index contributed by atoms with van der Waals surface area (Å²) in [5, 5.41) is 7.81. The molecule has 0 radical (unpaired) electrons. The fourth-order valence-electron chi connectivity index (χ4n) is 7.61. The van der Waals surface area contributed by atoms with E-state index in [4.69, 9.17) is 4.98 Å². The van der Waals surface area contributed by atoms with Crippen molar-refractivity contribution in [3.05, 3.63) is 181 Å². The summed E-state index contributed by atoms with van der Waals surface area (Å²) in [6.07, 6.45) is 7.56. The molecule has 0 amide bonds. The minimum absolute atomic E-state index is 0.444. The maximum absolute atomic E-state index is 5.05. The van der Waals surface area contributed by atoms with E-state index in [1.54, 1.807) is 0 Å². The van der Waals surface area contributed by atoms with E-state index in [1.165, 1.54) is 60.2 Å². The Balaban J connectivity index is 1.23. The minimum Gasteiger partial charge on any atom is -0.237 e. The van der Waals surface area contributed by atoms with Crippen LogP contribution in [0.1, 0.15) is 24.5 Å². The molecular weight excluding hydrogens is 593 g/mol. The third kappa shape index (κ3) is 5.14. The lowest BCUT2D eigenvalue weighted by Crippen LogP contribution is -2.03. The van der Waals surface area contributed by atoms with Crippen molar-refractivity contribution in [2.24, 2.45) is 5.92 Å². The average molecular weight is 627 g/mol. The topological polar surface area (TPSA) is 25.8 Å². The first-order chi connectivity index (χ1) is 24.2. The first-order valence-electron chi connectivity index (χ1n) is 17.1. The highest BCUT2D eigenvalue weighted by Crippen LogP contribution is 2.44. The van der Waals surface area contributed by atoms with Crippen molar-refractivity contribution < 1.29 is 0 Å². The second-order valence-corrected chi connectivity index (χ2v) is 13.0. The molecule has 0 N–H and O–H groups in total. The molecule has 0 saturated carbocycles. The van der Waals surface area contributed by atoms with Crippen LogP contribution >= 0.6 is 0 Å². The van der Waals surface area contributed by atoms with Gasteiger partial charge in [-0.05, 0) is 90.2 Å². The summed E-state index contributed by atoms with van der Waals surface area (Å²) >= 11 is 0. The highest BCUT2D eigenvalue weighted by Gasteiger charge is 2.21. The van der Waals surface area contributed by atoms with Crippen LogP contribution in [0.4, 0.5) is 0 Å². The van der Waals surface area contributed by atoms with Crippen molar-refractivity contribution in [1.82, 2.24) is 9.97 Å². The van der Waals surface area contributed by atoms with Gasteiger partial charge in [0.15, 0.2) is 5.82 Å². The van der Waals surface area contributed by atoms with Gasteiger partial charge >= 0.3 is 0 Å². The second kappa shape index (κ2) is 12.2. The molecule has 0 fully saturated rings. The SMILES string of the molecule is CC1C=CC(c2ccccc2-c2ccccc2-c2ccnc(-c3ccccc3)n2)=C(c2ccc3c4ccccc4c4ccccc4c3c2)C1. The summed E-state index contributed by atoms with van der Waals surface area (Å²) in [7, 11) is 0. The number of aromatic nitrogens is 2. The van der Waals surface area contributed by atoms with Gasteiger partial charge in [0.25, 0.3) is 0 Å². The molecule has 49 heavy (non-hydrogen) atoms. The number of nitrogens with zero attached hydrogens (tertiary/aromatic N) is 2. The van der Waals surface area contributed by atoms with Crippen LogP contribution in [-0.2, 0) is 0 Å². The molecule has 0 spiro atoms. The van der Waals surface area contributed by atoms with Gasteiger partial charge in [0, 0.05) is 17.3 Å². The molecule has 7 aromatic carbocycles. The maximum atomic E-state index is 5.05. The third-order valence-corrected chi connectivity index (χ3v) is 9.93. The van der Waals surface area contributed by atoms with Gasteiger partial charge in [-0.15, -0.1) is 0 Å². The summed E-state index contributed by atoms with van der Waals surface area (Å²) in [6, 6.07) is 54.4. The zero-order chi connectivity index (χ0) is 32.7. The van der Waals surface area contributed by atoms with Crippen LogP contribution in [0.5, 0.6) is 0 Å². The van der Waals surface area contributed by atoms with E-state index >= 15 is 0 Å². The van der Waals surface area contributed by atoms with E-state index in [9.17, 15) is 0 Å². The zero-order valence-electron chi connectivity index (χ0n) is 27.3. The summed E-state index contributed by atoms with van der Waals surface area (Å²) in [5.41, 5.74) is 10.5. The highest BCUT2D eigenvalue weighted by atomic mass is 14.9. The van der Waals surface area contributed by atoms with E-state index in [2.05, 4.69) is 151 Å². The van der Waals surface area contributed by atoms with Crippen LogP contribution in [0.2, 0.25) is 0 Å². The molecule has 1 unspecified atom stereocenters. The molecular formula is C47H34N2. The number of allylic oxidation sites excluding steroid dienone is 4. The predicted molar refractivity (Wildman–Crippen MR) is 207 cm³/mol. The number of rotatable bonds is 5. The van der Waals surface area contributed by atoms with Crippen LogP contribution in [0, 0.1) is 5.92 Å². The molecule has 2 nitrogen and oxygen atoms in total. The number of hydrogen-bond acceptors (Lipinski definition) is 2. The predicted octanol–water partition coefficient (Wildman–Crippen LogP) is 12.4. The Morgan fingerprint density at radius 3 is 1.73 bits per heavy atom. The fourth-order valence-corrected chi connectivity index (χ4v) is 7.61. The largest absolute Gasteiger partial charge is 0.237 e. The molecule has 0 bridgehead atoms. The Hall–Kier alpha value is -6.12. The Morgan fingerprint density at radius 1 is 0.490 bits per heavy atom. The van der Waals surface area contributed by atoms with Crippen LogP contribution in [-0.4, -0.2) is 9.97 Å². The molecule has 0 aliphatic heterocycles. The molecule has 8 aromatic rings. The first kappa shape index (κ1) is 29.1. The van der Waals surface area contributed by atoms with Gasteiger partial charge in [0.1, 0.15) is 0 Å². The third-order valence-electron chi connectivity index (χ3n) is 9.93. The monoisotopic (exact) mass is 626 g/mol. The van der Waals surface area contributed by atoms with Crippen LogP contribution in [0.15, 0.2) is 170 Å². The van der Waals surface area contributed by atoms with Crippen LogP contribution in [0.25, 0.3) is 77.2 Å². The van der Waals surface area contributed by atoms with Gasteiger partial charge < -0.3 is 0 Å². The molecule has 1 aliphatic carbocycles. The van der Waals surface area contributed by atoms with E-state index in [1.807, 2.05) is 30.5 Å². The van der Waals surface area contributed by atoms with Crippen molar-refractivity contribution in [3.63, 3.8) is 0 Å². The second-order valence-electron chi connectivity index (χ2n) is 13.0. The zero-order valence-corrected chi connectivity index (χ0v) is 27.3. The Bertz CT molecular complexity index is 2560. The number of benzene rings is 7. The van der Waals surface area contributed by atoms with E-state index in [0.29, 0.717) is 5.92 Å². The molecule has 9 rings (SSSR count). The summed E-state index contributed by atoms with van der Waals surface area (Å²) in [4.78, 5) is 9.66. The van der Waals surface area contributed by atoms with Crippen molar-refractivity contribution in [3.8, 4) is 33.8 Å². The Morgan fingerprint density at radius 2 is 1.04 bits per heavy atom. The van der Waals surface area contributed by atoms with Gasteiger partial charge in [-0.2, -0.15) is 0 Å². The van der Waals surface area contributed by atoms with Gasteiger partial charge in [-0.1, -0.05) is 159 Å². The molecule has 1 heterocycles. The molecule has 1 atom stereocenters. The standard InChI is InChI=1S/C47H34N2/c1-31-23-25-41(44(29-31)33-24-26-42-38-19-8-5-15-34(38)36-17-9-10-21-40(36)45(42)30-33)37-18-7-6-16-35(37)39-20-11-12-22-43(39)46-27-28-48-47(49-46)32-13-3-2-4-14-32/h2-28,30-31H,29H2,1H3. The van der Waals surface area contributed by atoms with Gasteiger partial charge in [0.05, 0.1) is 5.69 Å². The summed E-state index contributed by atoms with van der Waals surface area (Å²) in [5.74, 6) is 1.17. The van der Waals surface area contributed by atoms with Crippen LogP contribution in [0.3, 0.4) is 0 Å². The van der Waals surface area contributed by atoms with Crippen molar-refractivity contribution in [2.45, 2.75) is 13.3 Å². The Kier molecular flexibility index (Phi) is 7.21. The molecule has 1 aromatic heterocycles. The highest BCUT2D eigenvalue weighted by molar-refractivity contribution is 6.25. The average Bonchev–Trinajstić information content (AvgIpc) is 3.18. The smallest absolute Gasteiger partial charge is 0.159 e. The molecule has 2 heteroatoms. The first-order valence-corrected chi connectivity index (χ1v) is 17.1. The van der Waals surface area contributed by atoms with E-state index in [-0.39, 0.29) is 0 Å². The normalized spacial score (nSPS) is 14.6. The maximum Gasteiger partial charge on any atom is 0.159 e. The lowest BCUT2D eigenvalue weighted by atomic mass is 9.80. The van der Waals surface area contributed by atoms with Crippen molar-refractivity contribution in [1.29, 1.82) is 0 Å². The summed E-state index contributed by atoms with van der Waals surface area (Å²) in [6.45, 7) is 2.32. The van der Waals surface area contributed by atoms with E-state index < -0.39 is 0 Å². The van der Waals surface area contributed by atoms with Gasteiger partial charge in [0.2, 0.25) is 0 Å². The molecule has 0 saturated heterocycles. The van der Waals surface area contributed by atoms with Crippen molar-refractivity contribution >= 4 is 43.5 Å². The molecule has 232 valence electrons. The number of hydrogen-bond donors (Lipinski definition) is 0.